The molecule has 1 aliphatic heterocycles. The molecular weight excluding hydrogens is 242 g/mol. The van der Waals surface area contributed by atoms with Gasteiger partial charge in [0.05, 0.1) is 6.20 Å². The Morgan fingerprint density at radius 1 is 1.71 bits per heavy atom. The predicted molar refractivity (Wildman–Crippen MR) is 66.2 cm³/mol. The largest absolute Gasteiger partial charge is 0.368 e. The van der Waals surface area contributed by atoms with E-state index < -0.39 is 0 Å². The minimum Gasteiger partial charge on any atom is -0.368 e. The molecule has 1 unspecified atom stereocenters. The van der Waals surface area contributed by atoms with Gasteiger partial charge in [-0.25, -0.2) is 4.98 Å². The summed E-state index contributed by atoms with van der Waals surface area (Å²) < 4.78 is 0. The highest BCUT2D eigenvalue weighted by Gasteiger charge is 2.31. The molecule has 2 heterocycles. The summed E-state index contributed by atoms with van der Waals surface area (Å²) in [5.74, 6) is 0.690. The molecule has 1 amide bonds. The molecule has 7 heteroatoms. The quantitative estimate of drug-likeness (QED) is 0.828. The molecule has 6 nitrogen and oxygen atoms in total. The highest BCUT2D eigenvalue weighted by atomic mass is 35.5. The van der Waals surface area contributed by atoms with Crippen LogP contribution in [0.2, 0.25) is 5.02 Å². The molecule has 0 aromatic carbocycles. The lowest BCUT2D eigenvalue weighted by Gasteiger charge is -2.24. The van der Waals surface area contributed by atoms with Gasteiger partial charge in [-0.1, -0.05) is 11.6 Å². The summed E-state index contributed by atoms with van der Waals surface area (Å²) in [7, 11) is 1.72. The average molecular weight is 256 g/mol. The Hall–Kier alpha value is -1.56. The zero-order valence-electron chi connectivity index (χ0n) is 9.48. The molecule has 1 aromatic rings. The third-order valence-corrected chi connectivity index (χ3v) is 3.07. The number of rotatable bonds is 3. The van der Waals surface area contributed by atoms with Crippen molar-refractivity contribution in [3.63, 3.8) is 0 Å². The first-order valence-electron chi connectivity index (χ1n) is 5.39. The summed E-state index contributed by atoms with van der Waals surface area (Å²) in [5, 5.41) is 3.27. The van der Waals surface area contributed by atoms with E-state index in [0.29, 0.717) is 16.8 Å². The van der Waals surface area contributed by atoms with Gasteiger partial charge in [0.15, 0.2) is 5.82 Å². The van der Waals surface area contributed by atoms with Crippen LogP contribution in [0.5, 0.6) is 0 Å². The molecule has 1 atom stereocenters. The lowest BCUT2D eigenvalue weighted by Crippen LogP contribution is -2.41. The van der Waals surface area contributed by atoms with Crippen molar-refractivity contribution in [2.45, 2.75) is 18.9 Å². The fraction of sp³-hybridized carbons (Fsp3) is 0.500. The summed E-state index contributed by atoms with van der Waals surface area (Å²) in [6.45, 7) is 0.730. The van der Waals surface area contributed by atoms with Crippen LogP contribution in [0.4, 0.5) is 11.8 Å². The average Bonchev–Trinajstić information content (AvgIpc) is 2.78. The molecule has 92 valence electrons. The smallest absolute Gasteiger partial charge is 0.240 e. The number of nitrogens with two attached hydrogens (primary N) is 1. The van der Waals surface area contributed by atoms with Gasteiger partial charge in [0.1, 0.15) is 11.1 Å². The molecule has 0 bridgehead atoms. The van der Waals surface area contributed by atoms with E-state index in [4.69, 9.17) is 17.3 Å². The van der Waals surface area contributed by atoms with Crippen molar-refractivity contribution in [1.29, 1.82) is 0 Å². The highest BCUT2D eigenvalue weighted by Crippen LogP contribution is 2.30. The van der Waals surface area contributed by atoms with Gasteiger partial charge in [0, 0.05) is 13.6 Å². The molecule has 17 heavy (non-hydrogen) atoms. The Bertz CT molecular complexity index is 439. The van der Waals surface area contributed by atoms with Crippen LogP contribution in [0.15, 0.2) is 6.20 Å². The third kappa shape index (κ3) is 2.26. The minimum absolute atomic E-state index is 0.327. The zero-order chi connectivity index (χ0) is 12.4. The fourth-order valence-corrected chi connectivity index (χ4v) is 2.20. The van der Waals surface area contributed by atoms with Crippen LogP contribution in [0.25, 0.3) is 0 Å². The van der Waals surface area contributed by atoms with Crippen molar-refractivity contribution in [2.24, 2.45) is 5.73 Å². The summed E-state index contributed by atoms with van der Waals surface area (Å²) in [6, 6.07) is -0.327. The maximum absolute atomic E-state index is 11.3. The molecule has 3 N–H and O–H groups in total. The normalized spacial score (nSPS) is 19.4. The van der Waals surface area contributed by atoms with Crippen molar-refractivity contribution in [1.82, 2.24) is 9.97 Å². The van der Waals surface area contributed by atoms with Crippen LogP contribution in [0.3, 0.4) is 0 Å². The second-order valence-corrected chi connectivity index (χ2v) is 4.28. The van der Waals surface area contributed by atoms with Crippen molar-refractivity contribution >= 4 is 29.3 Å². The third-order valence-electron chi connectivity index (χ3n) is 2.80. The number of carbonyl (C=O) groups is 1. The van der Waals surface area contributed by atoms with Gasteiger partial charge >= 0.3 is 0 Å². The van der Waals surface area contributed by atoms with E-state index in [2.05, 4.69) is 15.3 Å². The number of aromatic nitrogens is 2. The van der Waals surface area contributed by atoms with E-state index >= 15 is 0 Å². The first-order chi connectivity index (χ1) is 8.13. The number of hydrogen-bond donors (Lipinski definition) is 2. The van der Waals surface area contributed by atoms with E-state index in [0.717, 1.165) is 19.4 Å². The number of carbonyl (C=O) groups excluding carboxylic acids is 1. The molecule has 0 radical (unpaired) electrons. The molecule has 1 saturated heterocycles. The topological polar surface area (TPSA) is 84.1 Å². The van der Waals surface area contributed by atoms with Gasteiger partial charge in [-0.3, -0.25) is 4.79 Å². The SMILES string of the molecule is CNc1ncc(Cl)c(N2CCCC2C(N)=O)n1. The number of anilines is 2. The number of halogens is 1. The number of nitrogens with one attached hydrogen (secondary N) is 1. The molecule has 0 spiro atoms. The minimum atomic E-state index is -0.344. The Labute approximate surface area is 104 Å². The monoisotopic (exact) mass is 255 g/mol. The summed E-state index contributed by atoms with van der Waals surface area (Å²) >= 11 is 6.06. The van der Waals surface area contributed by atoms with E-state index in [1.165, 1.54) is 6.20 Å². The molecule has 0 saturated carbocycles. The molecule has 0 aliphatic carbocycles. The van der Waals surface area contributed by atoms with E-state index in [1.54, 1.807) is 7.05 Å². The van der Waals surface area contributed by atoms with Gasteiger partial charge in [0.2, 0.25) is 11.9 Å². The van der Waals surface area contributed by atoms with Gasteiger partial charge < -0.3 is 16.0 Å². The Balaban J connectivity index is 2.35. The number of amides is 1. The Morgan fingerprint density at radius 3 is 3.12 bits per heavy atom. The Kier molecular flexibility index (Phi) is 3.33. The summed E-state index contributed by atoms with van der Waals surface area (Å²) in [6.07, 6.45) is 3.17. The van der Waals surface area contributed by atoms with Crippen LogP contribution in [-0.2, 0) is 4.79 Å². The molecule has 2 rings (SSSR count). The first kappa shape index (κ1) is 11.9. The van der Waals surface area contributed by atoms with Gasteiger partial charge in [0.25, 0.3) is 0 Å². The molecule has 1 aromatic heterocycles. The molecular formula is C10H14ClN5O. The maximum Gasteiger partial charge on any atom is 0.240 e. The predicted octanol–water partition coefficient (Wildman–Crippen LogP) is 0.626. The highest BCUT2D eigenvalue weighted by molar-refractivity contribution is 6.32. The van der Waals surface area contributed by atoms with Crippen LogP contribution < -0.4 is 16.0 Å². The zero-order valence-corrected chi connectivity index (χ0v) is 10.2. The Morgan fingerprint density at radius 2 is 2.47 bits per heavy atom. The van der Waals surface area contributed by atoms with E-state index in [1.807, 2.05) is 4.90 Å². The fourth-order valence-electron chi connectivity index (χ4n) is 2.00. The van der Waals surface area contributed by atoms with E-state index in [-0.39, 0.29) is 11.9 Å². The number of hydrogen-bond acceptors (Lipinski definition) is 5. The number of primary amides is 1. The molecule has 1 fully saturated rings. The van der Waals surface area contributed by atoms with Gasteiger partial charge in [-0.15, -0.1) is 0 Å². The lowest BCUT2D eigenvalue weighted by atomic mass is 10.2. The van der Waals surface area contributed by atoms with Crippen LogP contribution >= 0.6 is 11.6 Å². The standard InChI is InChI=1S/C10H14ClN5O/c1-13-10-14-5-6(11)9(15-10)16-4-2-3-7(16)8(12)17/h5,7H,2-4H2,1H3,(H2,12,17)(H,13,14,15). The second-order valence-electron chi connectivity index (χ2n) is 3.87. The van der Waals surface area contributed by atoms with Gasteiger partial charge in [-0.2, -0.15) is 4.98 Å². The van der Waals surface area contributed by atoms with Crippen molar-refractivity contribution in [3.8, 4) is 0 Å². The van der Waals surface area contributed by atoms with Gasteiger partial charge in [-0.05, 0) is 12.8 Å². The lowest BCUT2D eigenvalue weighted by molar-refractivity contribution is -0.119. The van der Waals surface area contributed by atoms with Crippen LogP contribution in [0, 0.1) is 0 Å². The summed E-state index contributed by atoms with van der Waals surface area (Å²) in [5.41, 5.74) is 5.36. The summed E-state index contributed by atoms with van der Waals surface area (Å²) in [4.78, 5) is 21.4. The second kappa shape index (κ2) is 4.75. The van der Waals surface area contributed by atoms with Crippen molar-refractivity contribution < 1.29 is 4.79 Å². The maximum atomic E-state index is 11.3. The first-order valence-corrected chi connectivity index (χ1v) is 5.77. The van der Waals surface area contributed by atoms with Crippen molar-refractivity contribution in [3.05, 3.63) is 11.2 Å². The van der Waals surface area contributed by atoms with E-state index in [9.17, 15) is 4.79 Å². The molecule has 1 aliphatic rings. The van der Waals surface area contributed by atoms with Crippen LogP contribution in [0.1, 0.15) is 12.8 Å². The van der Waals surface area contributed by atoms with Crippen LogP contribution in [-0.4, -0.2) is 35.5 Å². The number of nitrogens with zero attached hydrogens (tertiary/aromatic N) is 3. The van der Waals surface area contributed by atoms with Crippen molar-refractivity contribution in [2.75, 3.05) is 23.8 Å².